The number of allylic oxidation sites excluding steroid dienone is 14. The molecule has 2 aromatic carbocycles. The molecule has 0 saturated heterocycles. The molecule has 0 aromatic heterocycles. The van der Waals surface area contributed by atoms with Gasteiger partial charge in [0.25, 0.3) is 0 Å². The summed E-state index contributed by atoms with van der Waals surface area (Å²) in [6, 6.07) is 13.7. The second-order valence-corrected chi connectivity index (χ2v) is 12.2. The maximum atomic E-state index is 4.66. The van der Waals surface area contributed by atoms with Crippen LogP contribution in [0.15, 0.2) is 137 Å². The van der Waals surface area contributed by atoms with Crippen molar-refractivity contribution in [3.05, 3.63) is 143 Å². The molecule has 2 aliphatic heterocycles. The number of hydrogen-bond donors (Lipinski definition) is 1. The fraction of sp³-hybridized carbons (Fsp3) is 0.293. The summed E-state index contributed by atoms with van der Waals surface area (Å²) < 4.78 is 0. The van der Waals surface area contributed by atoms with E-state index in [1.807, 2.05) is 0 Å². The summed E-state index contributed by atoms with van der Waals surface area (Å²) in [5.74, 6) is 1.00. The van der Waals surface area contributed by atoms with E-state index in [1.54, 1.807) is 0 Å². The van der Waals surface area contributed by atoms with Crippen LogP contribution in [0, 0.1) is 11.8 Å². The van der Waals surface area contributed by atoms with E-state index in [2.05, 4.69) is 134 Å². The van der Waals surface area contributed by atoms with Crippen LogP contribution in [0.5, 0.6) is 0 Å². The van der Waals surface area contributed by atoms with E-state index >= 15 is 0 Å². The van der Waals surface area contributed by atoms with Crippen molar-refractivity contribution in [2.75, 3.05) is 13.1 Å². The average Bonchev–Trinajstić information content (AvgIpc) is 3.06. The maximum Gasteiger partial charge on any atom is 0.0454 e. The fourth-order valence-electron chi connectivity index (χ4n) is 7.12. The van der Waals surface area contributed by atoms with E-state index in [0.717, 1.165) is 51.6 Å². The standard InChI is InChI=1S/C41H44N2/c1-4-13-33(30(3)26-31-15-6-5-7-16-31)41(34-18-9-8-14-29(34)2)39-22-11-19-36-37(39)20-10-21-38(36)40-28-43-25-23-35(40)32-17-12-24-42-27-32/h4-7,9-11,13,15,18-24,28,31-32,43H,2,8,12,14,16-17,25-27H2,1,3H3/b13-4-,33-30-,41-34+. The van der Waals surface area contributed by atoms with Gasteiger partial charge in [0, 0.05) is 30.8 Å². The van der Waals surface area contributed by atoms with Crippen LogP contribution in [0.2, 0.25) is 0 Å². The summed E-state index contributed by atoms with van der Waals surface area (Å²) in [5.41, 5.74) is 11.9. The predicted octanol–water partition coefficient (Wildman–Crippen LogP) is 10.3. The molecule has 2 atom stereocenters. The Morgan fingerprint density at radius 1 is 1.07 bits per heavy atom. The van der Waals surface area contributed by atoms with Crippen molar-refractivity contribution in [1.82, 2.24) is 5.32 Å². The molecular formula is C41H44N2. The molecule has 6 rings (SSSR count). The van der Waals surface area contributed by atoms with Gasteiger partial charge < -0.3 is 5.32 Å². The largest absolute Gasteiger partial charge is 0.387 e. The minimum Gasteiger partial charge on any atom is -0.387 e. The first-order valence-corrected chi connectivity index (χ1v) is 16.1. The molecule has 4 aliphatic rings. The SMILES string of the molecule is C=C1CCC=C/C1=C(C(/C=C\C)=C(/C)CC1C=CC=CC1)\c1cccc2c(C3=CNCC=C3C3CCC=NC3)cccc12. The van der Waals surface area contributed by atoms with Crippen LogP contribution >= 0.6 is 0 Å². The van der Waals surface area contributed by atoms with Crippen molar-refractivity contribution >= 4 is 28.1 Å². The summed E-state index contributed by atoms with van der Waals surface area (Å²) in [7, 11) is 0. The lowest BCUT2D eigenvalue weighted by atomic mass is 9.79. The lowest BCUT2D eigenvalue weighted by Crippen LogP contribution is -2.20. The van der Waals surface area contributed by atoms with Gasteiger partial charge in [-0.1, -0.05) is 103 Å². The zero-order valence-corrected chi connectivity index (χ0v) is 25.8. The summed E-state index contributed by atoms with van der Waals surface area (Å²) in [6.45, 7) is 10.8. The van der Waals surface area contributed by atoms with E-state index in [4.69, 9.17) is 0 Å². The Hall–Kier alpha value is -4.17. The van der Waals surface area contributed by atoms with Gasteiger partial charge in [0.15, 0.2) is 0 Å². The molecule has 1 N–H and O–H groups in total. The number of nitrogens with zero attached hydrogens (tertiary/aromatic N) is 1. The van der Waals surface area contributed by atoms with Crippen LogP contribution in [0.4, 0.5) is 0 Å². The van der Waals surface area contributed by atoms with Gasteiger partial charge in [0.05, 0.1) is 0 Å². The summed E-state index contributed by atoms with van der Waals surface area (Å²) in [4.78, 5) is 4.66. The number of dihydropyridines is 1. The second kappa shape index (κ2) is 13.4. The first kappa shape index (κ1) is 28.9. The van der Waals surface area contributed by atoms with Gasteiger partial charge in [0.1, 0.15) is 0 Å². The monoisotopic (exact) mass is 564 g/mol. The van der Waals surface area contributed by atoms with Crippen molar-refractivity contribution in [3.63, 3.8) is 0 Å². The van der Waals surface area contributed by atoms with Gasteiger partial charge in [-0.2, -0.15) is 0 Å². The molecule has 0 fully saturated rings. The van der Waals surface area contributed by atoms with Gasteiger partial charge in [-0.25, -0.2) is 0 Å². The highest BCUT2D eigenvalue weighted by molar-refractivity contribution is 6.06. The number of benzene rings is 2. The molecule has 2 aliphatic carbocycles. The highest BCUT2D eigenvalue weighted by Gasteiger charge is 2.25. The zero-order chi connectivity index (χ0) is 29.6. The number of aliphatic imine (C=N–C) groups is 1. The minimum absolute atomic E-state index is 0.473. The maximum absolute atomic E-state index is 4.66. The molecule has 0 bridgehead atoms. The summed E-state index contributed by atoms with van der Waals surface area (Å²) >= 11 is 0. The Bertz CT molecular complexity index is 1680. The molecule has 218 valence electrons. The molecule has 43 heavy (non-hydrogen) atoms. The molecule has 0 radical (unpaired) electrons. The predicted molar refractivity (Wildman–Crippen MR) is 187 cm³/mol. The second-order valence-electron chi connectivity index (χ2n) is 12.2. The van der Waals surface area contributed by atoms with Crippen LogP contribution in [-0.2, 0) is 0 Å². The van der Waals surface area contributed by atoms with Crippen LogP contribution in [0.25, 0.3) is 21.9 Å². The number of hydrogen-bond acceptors (Lipinski definition) is 2. The zero-order valence-electron chi connectivity index (χ0n) is 25.8. The van der Waals surface area contributed by atoms with Gasteiger partial charge in [-0.15, -0.1) is 0 Å². The fourth-order valence-corrected chi connectivity index (χ4v) is 7.12. The number of nitrogens with one attached hydrogen (secondary N) is 1. The quantitative estimate of drug-likeness (QED) is 0.332. The Labute approximate surface area is 258 Å². The topological polar surface area (TPSA) is 24.4 Å². The van der Waals surface area contributed by atoms with Crippen LogP contribution < -0.4 is 5.32 Å². The van der Waals surface area contributed by atoms with E-state index < -0.39 is 0 Å². The Kier molecular flexibility index (Phi) is 9.03. The van der Waals surface area contributed by atoms with Gasteiger partial charge in [-0.3, -0.25) is 4.99 Å². The highest BCUT2D eigenvalue weighted by atomic mass is 14.8. The third-order valence-electron chi connectivity index (χ3n) is 9.27. The normalized spacial score (nSPS) is 23.7. The first-order chi connectivity index (χ1) is 21.2. The van der Waals surface area contributed by atoms with Crippen molar-refractivity contribution in [2.45, 2.75) is 52.4 Å². The molecule has 0 amide bonds. The van der Waals surface area contributed by atoms with Crippen LogP contribution in [0.3, 0.4) is 0 Å². The third-order valence-corrected chi connectivity index (χ3v) is 9.27. The van der Waals surface area contributed by atoms with Gasteiger partial charge >= 0.3 is 0 Å². The number of rotatable bonds is 7. The minimum atomic E-state index is 0.473. The molecule has 2 unspecified atom stereocenters. The van der Waals surface area contributed by atoms with Crippen molar-refractivity contribution in [3.8, 4) is 0 Å². The van der Waals surface area contributed by atoms with Gasteiger partial charge in [0.2, 0.25) is 0 Å². The molecule has 2 heterocycles. The average molecular weight is 565 g/mol. The lowest BCUT2D eigenvalue weighted by molar-refractivity contribution is 0.578. The van der Waals surface area contributed by atoms with Crippen LogP contribution in [0.1, 0.15) is 63.5 Å². The Morgan fingerprint density at radius 3 is 2.74 bits per heavy atom. The molecule has 0 spiro atoms. The van der Waals surface area contributed by atoms with Gasteiger partial charge in [-0.05, 0) is 114 Å². The van der Waals surface area contributed by atoms with E-state index in [9.17, 15) is 0 Å². The van der Waals surface area contributed by atoms with E-state index in [-0.39, 0.29) is 0 Å². The first-order valence-electron chi connectivity index (χ1n) is 16.1. The summed E-state index contributed by atoms with van der Waals surface area (Å²) in [5, 5.41) is 6.10. The molecule has 0 saturated carbocycles. The molecular weight excluding hydrogens is 520 g/mol. The third kappa shape index (κ3) is 6.15. The van der Waals surface area contributed by atoms with E-state index in [1.165, 1.54) is 60.9 Å². The molecule has 2 aromatic rings. The van der Waals surface area contributed by atoms with Crippen LogP contribution in [-0.4, -0.2) is 19.3 Å². The van der Waals surface area contributed by atoms with E-state index in [0.29, 0.717) is 11.8 Å². The lowest BCUT2D eigenvalue weighted by Gasteiger charge is -2.27. The summed E-state index contributed by atoms with van der Waals surface area (Å²) in [6.07, 6.45) is 31.3. The molecule has 2 nitrogen and oxygen atoms in total. The van der Waals surface area contributed by atoms with Crippen molar-refractivity contribution in [2.24, 2.45) is 16.8 Å². The highest BCUT2D eigenvalue weighted by Crippen LogP contribution is 2.43. The van der Waals surface area contributed by atoms with Crippen molar-refractivity contribution in [1.29, 1.82) is 0 Å². The Balaban J connectivity index is 1.53. The molecule has 2 heteroatoms. The smallest absolute Gasteiger partial charge is 0.0454 e. The Morgan fingerprint density at radius 2 is 1.95 bits per heavy atom. The number of fused-ring (bicyclic) bond motifs is 1. The van der Waals surface area contributed by atoms with Crippen molar-refractivity contribution < 1.29 is 0 Å².